The van der Waals surface area contributed by atoms with Gasteiger partial charge in [-0.05, 0) is 25.1 Å². The lowest BCUT2D eigenvalue weighted by atomic mass is 10.1. The molecule has 2 aromatic rings. The number of aromatic nitrogens is 2. The molecule has 2 N–H and O–H groups in total. The van der Waals surface area contributed by atoms with Crippen molar-refractivity contribution in [3.8, 4) is 0 Å². The van der Waals surface area contributed by atoms with Gasteiger partial charge in [0.15, 0.2) is 5.16 Å². The Hall–Kier alpha value is -2.43. The van der Waals surface area contributed by atoms with E-state index in [-0.39, 0.29) is 34.5 Å². The van der Waals surface area contributed by atoms with Crippen molar-refractivity contribution in [2.75, 3.05) is 33.1 Å². The van der Waals surface area contributed by atoms with Crippen LogP contribution in [-0.2, 0) is 20.8 Å². The molecule has 1 amide bonds. The number of esters is 1. The average Bonchev–Trinajstić information content (AvgIpc) is 2.67. The van der Waals surface area contributed by atoms with E-state index in [0.29, 0.717) is 24.1 Å². The van der Waals surface area contributed by atoms with Crippen LogP contribution in [-0.4, -0.2) is 65.8 Å². The predicted molar refractivity (Wildman–Crippen MR) is 105 cm³/mol. The fourth-order valence-electron chi connectivity index (χ4n) is 2.45. The van der Waals surface area contributed by atoms with Crippen LogP contribution in [0.25, 0.3) is 10.9 Å². The molecule has 1 aromatic heterocycles. The molecule has 152 valence electrons. The summed E-state index contributed by atoms with van der Waals surface area (Å²) in [6.07, 6.45) is -0.777. The third-order valence-corrected chi connectivity index (χ3v) is 4.73. The number of methoxy groups -OCH3 is 2. The number of benzene rings is 1. The van der Waals surface area contributed by atoms with Crippen molar-refractivity contribution in [3.05, 3.63) is 34.1 Å². The van der Waals surface area contributed by atoms with E-state index < -0.39 is 12.1 Å². The van der Waals surface area contributed by atoms with Crippen LogP contribution in [0.5, 0.6) is 0 Å². The van der Waals surface area contributed by atoms with Crippen LogP contribution in [0.2, 0.25) is 0 Å². The van der Waals surface area contributed by atoms with E-state index in [9.17, 15) is 19.5 Å². The number of carbonyl (C=O) groups is 2. The number of nitrogens with one attached hydrogen (secondary N) is 1. The summed E-state index contributed by atoms with van der Waals surface area (Å²) in [4.78, 5) is 41.0. The number of thioether (sulfide) groups is 1. The topological polar surface area (TPSA) is 120 Å². The van der Waals surface area contributed by atoms with Crippen LogP contribution in [0.1, 0.15) is 17.3 Å². The molecule has 0 aliphatic carbocycles. The van der Waals surface area contributed by atoms with Crippen LogP contribution in [0.15, 0.2) is 28.2 Å². The van der Waals surface area contributed by atoms with Crippen LogP contribution < -0.4 is 10.9 Å². The van der Waals surface area contributed by atoms with Gasteiger partial charge in [-0.2, -0.15) is 0 Å². The van der Waals surface area contributed by atoms with E-state index in [1.165, 1.54) is 37.0 Å². The molecule has 1 heterocycles. The van der Waals surface area contributed by atoms with E-state index in [0.717, 1.165) is 11.8 Å². The summed E-state index contributed by atoms with van der Waals surface area (Å²) in [6, 6.07) is 4.46. The van der Waals surface area contributed by atoms with Gasteiger partial charge in [0, 0.05) is 13.7 Å². The molecule has 10 heteroatoms. The lowest BCUT2D eigenvalue weighted by molar-refractivity contribution is -0.118. The molecule has 1 atom stereocenters. The molecule has 0 radical (unpaired) electrons. The lowest BCUT2D eigenvalue weighted by Gasteiger charge is -2.14. The third-order valence-electron chi connectivity index (χ3n) is 3.75. The minimum atomic E-state index is -0.777. The zero-order chi connectivity index (χ0) is 20.7. The second kappa shape index (κ2) is 10.2. The lowest BCUT2D eigenvalue weighted by Crippen LogP contribution is -2.30. The van der Waals surface area contributed by atoms with E-state index in [1.54, 1.807) is 6.92 Å². The summed E-state index contributed by atoms with van der Waals surface area (Å²) in [5, 5.41) is 13.0. The molecule has 28 heavy (non-hydrogen) atoms. The van der Waals surface area contributed by atoms with Crippen molar-refractivity contribution in [3.63, 3.8) is 0 Å². The van der Waals surface area contributed by atoms with E-state index >= 15 is 0 Å². The molecule has 1 aromatic carbocycles. The highest BCUT2D eigenvalue weighted by Gasteiger charge is 2.16. The number of amides is 1. The van der Waals surface area contributed by atoms with Gasteiger partial charge in [-0.25, -0.2) is 9.78 Å². The van der Waals surface area contributed by atoms with Gasteiger partial charge in [-0.3, -0.25) is 14.2 Å². The van der Waals surface area contributed by atoms with Crippen molar-refractivity contribution < 1.29 is 24.2 Å². The van der Waals surface area contributed by atoms with Gasteiger partial charge in [-0.15, -0.1) is 0 Å². The molecule has 0 fully saturated rings. The molecule has 0 saturated heterocycles. The van der Waals surface area contributed by atoms with Gasteiger partial charge >= 0.3 is 5.97 Å². The highest BCUT2D eigenvalue weighted by atomic mass is 32.2. The Bertz CT molecular complexity index is 912. The number of aliphatic hydroxyl groups excluding tert-OH is 1. The number of hydrogen-bond acceptors (Lipinski definition) is 8. The van der Waals surface area contributed by atoms with Crippen molar-refractivity contribution in [1.29, 1.82) is 0 Å². The highest BCUT2D eigenvalue weighted by molar-refractivity contribution is 7.99. The molecular weight excluding hydrogens is 386 g/mol. The smallest absolute Gasteiger partial charge is 0.337 e. The SMILES string of the molecule is COCCNC(=O)CSc1nc2cc(C(=O)OC)ccc2c(=O)n1C[C@H](C)O. The average molecular weight is 409 g/mol. The van der Waals surface area contributed by atoms with Crippen molar-refractivity contribution in [1.82, 2.24) is 14.9 Å². The zero-order valence-electron chi connectivity index (χ0n) is 15.9. The number of aliphatic hydroxyl groups is 1. The quantitative estimate of drug-likeness (QED) is 0.265. The zero-order valence-corrected chi connectivity index (χ0v) is 16.7. The monoisotopic (exact) mass is 409 g/mol. The molecule has 0 aliphatic rings. The highest BCUT2D eigenvalue weighted by Crippen LogP contribution is 2.19. The van der Waals surface area contributed by atoms with Gasteiger partial charge in [0.2, 0.25) is 5.91 Å². The second-order valence-corrected chi connectivity index (χ2v) is 6.96. The fourth-order valence-corrected chi connectivity index (χ4v) is 3.29. The Balaban J connectivity index is 2.38. The Morgan fingerprint density at radius 2 is 2.11 bits per heavy atom. The number of fused-ring (bicyclic) bond motifs is 1. The van der Waals surface area contributed by atoms with Gasteiger partial charge in [0.05, 0.1) is 48.6 Å². The summed E-state index contributed by atoms with van der Waals surface area (Å²) in [5.41, 5.74) is 0.227. The van der Waals surface area contributed by atoms with Crippen LogP contribution >= 0.6 is 11.8 Å². The van der Waals surface area contributed by atoms with Crippen LogP contribution in [0.3, 0.4) is 0 Å². The normalized spacial score (nSPS) is 12.0. The molecule has 0 unspecified atom stereocenters. The minimum Gasteiger partial charge on any atom is -0.465 e. The summed E-state index contributed by atoms with van der Waals surface area (Å²) >= 11 is 1.08. The largest absolute Gasteiger partial charge is 0.465 e. The number of ether oxygens (including phenoxy) is 2. The maximum absolute atomic E-state index is 12.9. The number of carbonyl (C=O) groups excluding carboxylic acids is 2. The summed E-state index contributed by atoms with van der Waals surface area (Å²) in [6.45, 7) is 2.37. The van der Waals surface area contributed by atoms with E-state index in [2.05, 4.69) is 10.3 Å². The number of nitrogens with zero attached hydrogens (tertiary/aromatic N) is 2. The first-order chi connectivity index (χ1) is 13.4. The van der Waals surface area contributed by atoms with Gasteiger partial charge < -0.3 is 19.9 Å². The molecule has 9 nitrogen and oxygen atoms in total. The number of hydrogen-bond donors (Lipinski definition) is 2. The van der Waals surface area contributed by atoms with E-state index in [4.69, 9.17) is 9.47 Å². The van der Waals surface area contributed by atoms with Crippen molar-refractivity contribution >= 4 is 34.5 Å². The third kappa shape index (κ3) is 5.54. The summed E-state index contributed by atoms with van der Waals surface area (Å²) < 4.78 is 10.9. The first kappa shape index (κ1) is 21.9. The Kier molecular flexibility index (Phi) is 7.97. The first-order valence-corrected chi connectivity index (χ1v) is 9.55. The first-order valence-electron chi connectivity index (χ1n) is 8.56. The van der Waals surface area contributed by atoms with Crippen LogP contribution in [0, 0.1) is 0 Å². The molecule has 0 saturated carbocycles. The number of rotatable bonds is 9. The fraction of sp³-hybridized carbons (Fsp3) is 0.444. The Morgan fingerprint density at radius 1 is 1.36 bits per heavy atom. The molecule has 0 spiro atoms. The molecule has 0 aliphatic heterocycles. The standard InChI is InChI=1S/C18H23N3O6S/c1-11(22)9-21-16(24)13-5-4-12(17(25)27-3)8-14(13)20-18(21)28-10-15(23)19-6-7-26-2/h4-5,8,11,22H,6-7,9-10H2,1-3H3,(H,19,23)/t11-/m0/s1. The van der Waals surface area contributed by atoms with Crippen LogP contribution in [0.4, 0.5) is 0 Å². The van der Waals surface area contributed by atoms with Gasteiger partial charge in [0.25, 0.3) is 5.56 Å². The van der Waals surface area contributed by atoms with Crippen molar-refractivity contribution in [2.45, 2.75) is 24.7 Å². The van der Waals surface area contributed by atoms with Gasteiger partial charge in [-0.1, -0.05) is 11.8 Å². The molecule has 0 bridgehead atoms. The van der Waals surface area contributed by atoms with Crippen molar-refractivity contribution in [2.24, 2.45) is 0 Å². The minimum absolute atomic E-state index is 0.0359. The summed E-state index contributed by atoms with van der Waals surface area (Å²) in [7, 11) is 2.81. The predicted octanol–water partition coefficient (Wildman–Crippen LogP) is 0.419. The Morgan fingerprint density at radius 3 is 2.75 bits per heavy atom. The van der Waals surface area contributed by atoms with E-state index in [1.807, 2.05) is 0 Å². The Labute approximate surface area is 166 Å². The maximum atomic E-state index is 12.9. The second-order valence-electron chi connectivity index (χ2n) is 6.01. The summed E-state index contributed by atoms with van der Waals surface area (Å²) in [5.74, 6) is -0.732. The molecular formula is C18H23N3O6S. The van der Waals surface area contributed by atoms with Gasteiger partial charge in [0.1, 0.15) is 0 Å². The maximum Gasteiger partial charge on any atom is 0.337 e. The molecule has 2 rings (SSSR count).